The minimum atomic E-state index is -0.436. The largest absolute Gasteiger partial charge is 0.293 e. The van der Waals surface area contributed by atoms with Crippen LogP contribution in [0.15, 0.2) is 66.2 Å². The van der Waals surface area contributed by atoms with Crippen molar-refractivity contribution in [1.82, 2.24) is 9.78 Å². The first-order chi connectivity index (χ1) is 15.0. The molecule has 4 nitrogen and oxygen atoms in total. The number of fused-ring (bicyclic) bond motifs is 3. The lowest BCUT2D eigenvalue weighted by atomic mass is 9.57. The first kappa shape index (κ1) is 19.5. The molecule has 0 aliphatic heterocycles. The maximum atomic E-state index is 12.8. The molecule has 0 bridgehead atoms. The second-order valence-corrected chi connectivity index (χ2v) is 8.99. The summed E-state index contributed by atoms with van der Waals surface area (Å²) in [5.74, 6) is -0.0652. The van der Waals surface area contributed by atoms with E-state index in [1.807, 2.05) is 43.3 Å². The summed E-state index contributed by atoms with van der Waals surface area (Å²) in [5, 5.41) is 14.8. The molecule has 4 heteroatoms. The Kier molecular flexibility index (Phi) is 4.44. The fourth-order valence-corrected chi connectivity index (χ4v) is 5.65. The van der Waals surface area contributed by atoms with E-state index in [1.165, 1.54) is 5.56 Å². The van der Waals surface area contributed by atoms with Crippen LogP contribution in [0.1, 0.15) is 37.1 Å². The molecular weight excluding hydrogens is 382 g/mol. The maximum Gasteiger partial charge on any atom is 0.176 e. The van der Waals surface area contributed by atoms with E-state index in [-0.39, 0.29) is 23.2 Å². The monoisotopic (exact) mass is 407 g/mol. The van der Waals surface area contributed by atoms with Crippen LogP contribution in [-0.2, 0) is 16.6 Å². The number of Topliss-reactive ketones (excluding diaryl/α,β-unsaturated/α-hetero) is 1. The Labute approximate surface area is 182 Å². The molecule has 3 aromatic rings. The number of benzene rings is 2. The highest BCUT2D eigenvalue weighted by molar-refractivity contribution is 6.02. The van der Waals surface area contributed by atoms with E-state index in [0.717, 1.165) is 41.0 Å². The molecule has 5 rings (SSSR count). The van der Waals surface area contributed by atoms with Crippen molar-refractivity contribution < 1.29 is 4.79 Å². The van der Waals surface area contributed by atoms with Gasteiger partial charge in [-0.15, -0.1) is 0 Å². The standard InChI is InChI=1S/C27H25N3O/c1-17-9-7-8-12-23(17)30-26-21(24(29-30)19-10-5-4-6-11-19)13-14-22-18(2)25(31)20(16-28)15-27(22,26)3/h4-12,15,18,22H,13-14H2,1-3H3/t18-,22-,27-/m1/s1. The number of para-hydroxylation sites is 1. The number of allylic oxidation sites excluding steroid dienone is 2. The summed E-state index contributed by atoms with van der Waals surface area (Å²) in [4.78, 5) is 12.8. The van der Waals surface area contributed by atoms with Gasteiger partial charge in [-0.1, -0.05) is 68.5 Å². The molecule has 2 aliphatic carbocycles. The average Bonchev–Trinajstić information content (AvgIpc) is 3.18. The smallest absolute Gasteiger partial charge is 0.176 e. The molecule has 154 valence electrons. The Balaban J connectivity index is 1.85. The SMILES string of the molecule is Cc1ccccc1-n1nc(-c2ccccc2)c2c1[C@]1(C)C=C(C#N)C(=O)[C@H](C)[C@H]1CC2. The molecule has 1 aromatic heterocycles. The van der Waals surface area contributed by atoms with E-state index in [2.05, 4.69) is 48.9 Å². The van der Waals surface area contributed by atoms with Gasteiger partial charge in [0.2, 0.25) is 0 Å². The van der Waals surface area contributed by atoms with Crippen molar-refractivity contribution in [3.05, 3.63) is 83.1 Å². The lowest BCUT2D eigenvalue weighted by Gasteiger charge is -2.45. The number of hydrogen-bond donors (Lipinski definition) is 0. The Hall–Kier alpha value is -3.45. The number of carbonyl (C=O) groups is 1. The van der Waals surface area contributed by atoms with E-state index in [1.54, 1.807) is 0 Å². The molecule has 0 amide bonds. The van der Waals surface area contributed by atoms with Gasteiger partial charge in [0.1, 0.15) is 6.07 Å². The summed E-state index contributed by atoms with van der Waals surface area (Å²) in [7, 11) is 0. The van der Waals surface area contributed by atoms with Gasteiger partial charge in [0.05, 0.1) is 22.6 Å². The molecule has 3 atom stereocenters. The van der Waals surface area contributed by atoms with Gasteiger partial charge in [-0.2, -0.15) is 10.4 Å². The van der Waals surface area contributed by atoms with Gasteiger partial charge in [0.25, 0.3) is 0 Å². The number of aromatic nitrogens is 2. The van der Waals surface area contributed by atoms with Gasteiger partial charge in [-0.05, 0) is 37.3 Å². The summed E-state index contributed by atoms with van der Waals surface area (Å²) in [6.07, 6.45) is 3.70. The molecule has 0 unspecified atom stereocenters. The average molecular weight is 408 g/mol. The first-order valence-electron chi connectivity index (χ1n) is 10.9. The predicted octanol–water partition coefficient (Wildman–Crippen LogP) is 5.34. The number of aryl methyl sites for hydroxylation is 1. The molecule has 0 fully saturated rings. The van der Waals surface area contributed by atoms with Crippen molar-refractivity contribution in [2.45, 2.75) is 39.0 Å². The summed E-state index contributed by atoms with van der Waals surface area (Å²) >= 11 is 0. The number of nitriles is 1. The van der Waals surface area contributed by atoms with E-state index >= 15 is 0 Å². The zero-order valence-electron chi connectivity index (χ0n) is 18.1. The fraction of sp³-hybridized carbons (Fsp3) is 0.296. The molecule has 31 heavy (non-hydrogen) atoms. The molecule has 2 aromatic carbocycles. The molecule has 2 aliphatic rings. The van der Waals surface area contributed by atoms with Gasteiger partial charge < -0.3 is 0 Å². The van der Waals surface area contributed by atoms with Crippen LogP contribution in [0.3, 0.4) is 0 Å². The van der Waals surface area contributed by atoms with Crippen LogP contribution in [0, 0.1) is 30.1 Å². The lowest BCUT2D eigenvalue weighted by Crippen LogP contribution is -2.46. The van der Waals surface area contributed by atoms with E-state index < -0.39 is 5.41 Å². The van der Waals surface area contributed by atoms with Crippen LogP contribution in [0.25, 0.3) is 16.9 Å². The molecule has 0 N–H and O–H groups in total. The van der Waals surface area contributed by atoms with Gasteiger partial charge in [0, 0.05) is 22.5 Å². The number of carbonyl (C=O) groups excluding carboxylic acids is 1. The number of hydrogen-bond acceptors (Lipinski definition) is 3. The van der Waals surface area contributed by atoms with Crippen LogP contribution in [0.2, 0.25) is 0 Å². The topological polar surface area (TPSA) is 58.7 Å². The minimum absolute atomic E-state index is 0.0290. The highest BCUT2D eigenvalue weighted by Crippen LogP contribution is 2.52. The second kappa shape index (κ2) is 7.06. The first-order valence-corrected chi connectivity index (χ1v) is 10.9. The van der Waals surface area contributed by atoms with Crippen molar-refractivity contribution in [2.75, 3.05) is 0 Å². The van der Waals surface area contributed by atoms with Crippen molar-refractivity contribution in [2.24, 2.45) is 11.8 Å². The van der Waals surface area contributed by atoms with Crippen LogP contribution in [0.4, 0.5) is 0 Å². The van der Waals surface area contributed by atoms with Crippen molar-refractivity contribution in [3.8, 4) is 23.0 Å². The predicted molar refractivity (Wildman–Crippen MR) is 121 cm³/mol. The summed E-state index contributed by atoms with van der Waals surface area (Å²) in [6, 6.07) is 20.7. The molecule has 0 saturated carbocycles. The summed E-state index contributed by atoms with van der Waals surface area (Å²) in [6.45, 7) is 6.26. The number of nitrogens with zero attached hydrogens (tertiary/aromatic N) is 3. The van der Waals surface area contributed by atoms with Crippen molar-refractivity contribution in [1.29, 1.82) is 5.26 Å². The Morgan fingerprint density at radius 2 is 1.84 bits per heavy atom. The van der Waals surface area contributed by atoms with Crippen LogP contribution >= 0.6 is 0 Å². The summed E-state index contributed by atoms with van der Waals surface area (Å²) < 4.78 is 2.08. The van der Waals surface area contributed by atoms with Crippen molar-refractivity contribution in [3.63, 3.8) is 0 Å². The molecule has 1 heterocycles. The highest BCUT2D eigenvalue weighted by atomic mass is 16.1. The van der Waals surface area contributed by atoms with Gasteiger partial charge in [0.15, 0.2) is 5.78 Å². The number of ketones is 1. The van der Waals surface area contributed by atoms with E-state index in [4.69, 9.17) is 5.10 Å². The second-order valence-electron chi connectivity index (χ2n) is 8.99. The van der Waals surface area contributed by atoms with Gasteiger partial charge in [-0.25, -0.2) is 4.68 Å². The van der Waals surface area contributed by atoms with Crippen LogP contribution in [-0.4, -0.2) is 15.6 Å². The maximum absolute atomic E-state index is 12.8. The zero-order chi connectivity index (χ0) is 21.8. The Bertz CT molecular complexity index is 1260. The molecular formula is C27H25N3O. The van der Waals surface area contributed by atoms with Crippen LogP contribution in [0.5, 0.6) is 0 Å². The highest BCUT2D eigenvalue weighted by Gasteiger charge is 2.50. The summed E-state index contributed by atoms with van der Waals surface area (Å²) in [5.41, 5.74) is 6.45. The van der Waals surface area contributed by atoms with Gasteiger partial charge >= 0.3 is 0 Å². The molecule has 0 saturated heterocycles. The third-order valence-corrected chi connectivity index (χ3v) is 7.21. The zero-order valence-corrected chi connectivity index (χ0v) is 18.1. The Morgan fingerprint density at radius 3 is 2.55 bits per heavy atom. The van der Waals surface area contributed by atoms with E-state index in [0.29, 0.717) is 0 Å². The van der Waals surface area contributed by atoms with Crippen LogP contribution < -0.4 is 0 Å². The van der Waals surface area contributed by atoms with Crippen molar-refractivity contribution >= 4 is 5.78 Å². The minimum Gasteiger partial charge on any atom is -0.293 e. The third-order valence-electron chi connectivity index (χ3n) is 7.21. The lowest BCUT2D eigenvalue weighted by molar-refractivity contribution is -0.121. The normalized spacial score (nSPS) is 24.7. The molecule has 0 radical (unpaired) electrons. The Morgan fingerprint density at radius 1 is 1.13 bits per heavy atom. The van der Waals surface area contributed by atoms with Gasteiger partial charge in [-0.3, -0.25) is 4.79 Å². The molecule has 0 spiro atoms. The fourth-order valence-electron chi connectivity index (χ4n) is 5.65. The third kappa shape index (κ3) is 2.80. The quantitative estimate of drug-likeness (QED) is 0.576. The number of rotatable bonds is 2. The van der Waals surface area contributed by atoms with E-state index in [9.17, 15) is 10.1 Å².